The lowest BCUT2D eigenvalue weighted by atomic mass is 10.00. The van der Waals surface area contributed by atoms with Gasteiger partial charge in [-0.15, -0.1) is 0 Å². The molecular formula is C8H16S. The Labute approximate surface area is 62.4 Å². The molecule has 0 spiro atoms. The Hall–Kier alpha value is 0.350. The maximum atomic E-state index is 2.34. The maximum Gasteiger partial charge on any atom is 0.00497 e. The molecule has 54 valence electrons. The molecule has 0 N–H and O–H groups in total. The van der Waals surface area contributed by atoms with Gasteiger partial charge in [0.05, 0.1) is 0 Å². The quantitative estimate of drug-likeness (QED) is 0.586. The fourth-order valence-electron chi connectivity index (χ4n) is 0.932. The van der Waals surface area contributed by atoms with Crippen LogP contribution in [0.1, 0.15) is 39.5 Å². The van der Waals surface area contributed by atoms with Gasteiger partial charge in [0.2, 0.25) is 0 Å². The van der Waals surface area contributed by atoms with Crippen molar-refractivity contribution >= 4 is 11.8 Å². The molecule has 0 aliphatic heterocycles. The summed E-state index contributed by atoms with van der Waals surface area (Å²) in [4.78, 5) is 0. The Morgan fingerprint density at radius 1 is 1.56 bits per heavy atom. The van der Waals surface area contributed by atoms with E-state index in [2.05, 4.69) is 25.6 Å². The van der Waals surface area contributed by atoms with E-state index in [1.807, 2.05) is 0 Å². The van der Waals surface area contributed by atoms with Crippen LogP contribution in [0.25, 0.3) is 0 Å². The van der Waals surface area contributed by atoms with E-state index in [0.717, 1.165) is 10.5 Å². The molecule has 0 aromatic rings. The Balaban J connectivity index is 2.01. The Kier molecular flexibility index (Phi) is 2.90. The molecule has 9 heavy (non-hydrogen) atoms. The van der Waals surface area contributed by atoms with Crippen molar-refractivity contribution in [1.29, 1.82) is 0 Å². The molecule has 1 unspecified atom stereocenters. The SMILES string of the molecule is CCC(C)SC1CCC1. The Bertz CT molecular complexity index is 73.9. The van der Waals surface area contributed by atoms with Crippen molar-refractivity contribution in [2.75, 3.05) is 0 Å². The zero-order valence-electron chi connectivity index (χ0n) is 6.39. The molecule has 1 saturated carbocycles. The van der Waals surface area contributed by atoms with Crippen LogP contribution in [0.4, 0.5) is 0 Å². The number of rotatable bonds is 3. The summed E-state index contributed by atoms with van der Waals surface area (Å²) in [6, 6.07) is 0. The minimum atomic E-state index is 0.898. The van der Waals surface area contributed by atoms with Crippen molar-refractivity contribution in [3.8, 4) is 0 Å². The van der Waals surface area contributed by atoms with Crippen molar-refractivity contribution in [2.24, 2.45) is 0 Å². The molecule has 1 heteroatoms. The van der Waals surface area contributed by atoms with Gasteiger partial charge in [0.15, 0.2) is 0 Å². The first-order valence-corrected chi connectivity index (χ1v) is 4.92. The molecule has 0 aromatic heterocycles. The van der Waals surface area contributed by atoms with Crippen molar-refractivity contribution < 1.29 is 0 Å². The van der Waals surface area contributed by atoms with Crippen molar-refractivity contribution in [2.45, 2.75) is 50.0 Å². The lowest BCUT2D eigenvalue weighted by Crippen LogP contribution is -2.16. The van der Waals surface area contributed by atoms with Gasteiger partial charge in [-0.2, -0.15) is 11.8 Å². The van der Waals surface area contributed by atoms with Crippen LogP contribution < -0.4 is 0 Å². The summed E-state index contributed by atoms with van der Waals surface area (Å²) < 4.78 is 0. The van der Waals surface area contributed by atoms with E-state index in [9.17, 15) is 0 Å². The van der Waals surface area contributed by atoms with E-state index < -0.39 is 0 Å². The van der Waals surface area contributed by atoms with Crippen molar-refractivity contribution in [3.63, 3.8) is 0 Å². The smallest absolute Gasteiger partial charge is 0.00497 e. The second-order valence-electron chi connectivity index (χ2n) is 2.91. The van der Waals surface area contributed by atoms with Gasteiger partial charge >= 0.3 is 0 Å². The molecule has 0 amide bonds. The van der Waals surface area contributed by atoms with Crippen LogP contribution >= 0.6 is 11.8 Å². The second-order valence-corrected chi connectivity index (χ2v) is 4.65. The summed E-state index contributed by atoms with van der Waals surface area (Å²) in [5.74, 6) is 0. The highest BCUT2D eigenvalue weighted by molar-refractivity contribution is 8.00. The summed E-state index contributed by atoms with van der Waals surface area (Å²) in [7, 11) is 0. The van der Waals surface area contributed by atoms with Gasteiger partial charge in [-0.1, -0.05) is 20.3 Å². The molecule has 1 atom stereocenters. The van der Waals surface area contributed by atoms with Gasteiger partial charge in [0.25, 0.3) is 0 Å². The maximum absolute atomic E-state index is 2.34. The van der Waals surface area contributed by atoms with Crippen LogP contribution in [0.3, 0.4) is 0 Å². The van der Waals surface area contributed by atoms with Crippen LogP contribution in [0.2, 0.25) is 0 Å². The highest BCUT2D eigenvalue weighted by Crippen LogP contribution is 2.34. The van der Waals surface area contributed by atoms with Crippen LogP contribution in [0, 0.1) is 0 Å². The first-order chi connectivity index (χ1) is 4.33. The van der Waals surface area contributed by atoms with Crippen LogP contribution in [0.5, 0.6) is 0 Å². The van der Waals surface area contributed by atoms with E-state index in [4.69, 9.17) is 0 Å². The van der Waals surface area contributed by atoms with Crippen LogP contribution in [0.15, 0.2) is 0 Å². The lowest BCUT2D eigenvalue weighted by Gasteiger charge is -2.27. The molecule has 1 rings (SSSR count). The van der Waals surface area contributed by atoms with Crippen molar-refractivity contribution in [3.05, 3.63) is 0 Å². The van der Waals surface area contributed by atoms with E-state index in [1.165, 1.54) is 25.7 Å². The summed E-state index contributed by atoms with van der Waals surface area (Å²) in [5, 5.41) is 1.93. The van der Waals surface area contributed by atoms with E-state index >= 15 is 0 Å². The highest BCUT2D eigenvalue weighted by Gasteiger charge is 2.19. The summed E-state index contributed by atoms with van der Waals surface area (Å²) in [6.45, 7) is 4.61. The zero-order valence-corrected chi connectivity index (χ0v) is 7.21. The molecule has 0 aromatic carbocycles. The second kappa shape index (κ2) is 3.50. The molecule has 0 bridgehead atoms. The third kappa shape index (κ3) is 2.21. The summed E-state index contributed by atoms with van der Waals surface area (Å²) >= 11 is 2.19. The van der Waals surface area contributed by atoms with Crippen molar-refractivity contribution in [1.82, 2.24) is 0 Å². The predicted molar refractivity (Wildman–Crippen MR) is 45.0 cm³/mol. The fourth-order valence-corrected chi connectivity index (χ4v) is 2.39. The fraction of sp³-hybridized carbons (Fsp3) is 1.00. The molecule has 0 radical (unpaired) electrons. The third-order valence-electron chi connectivity index (χ3n) is 2.05. The minimum Gasteiger partial charge on any atom is -0.155 e. The molecule has 0 heterocycles. The predicted octanol–water partition coefficient (Wildman–Crippen LogP) is 3.07. The lowest BCUT2D eigenvalue weighted by molar-refractivity contribution is 0.520. The number of hydrogen-bond donors (Lipinski definition) is 0. The van der Waals surface area contributed by atoms with Gasteiger partial charge in [-0.05, 0) is 19.3 Å². The van der Waals surface area contributed by atoms with E-state index in [1.54, 1.807) is 0 Å². The molecule has 1 aliphatic carbocycles. The largest absolute Gasteiger partial charge is 0.155 e. The van der Waals surface area contributed by atoms with Gasteiger partial charge in [0.1, 0.15) is 0 Å². The minimum absolute atomic E-state index is 0.898. The first-order valence-electron chi connectivity index (χ1n) is 3.98. The van der Waals surface area contributed by atoms with Gasteiger partial charge in [0, 0.05) is 10.5 Å². The number of thioether (sulfide) groups is 1. The molecule has 0 saturated heterocycles. The average Bonchev–Trinajstić information content (AvgIpc) is 1.78. The normalized spacial score (nSPS) is 23.3. The van der Waals surface area contributed by atoms with Gasteiger partial charge < -0.3 is 0 Å². The van der Waals surface area contributed by atoms with Crippen LogP contribution in [-0.2, 0) is 0 Å². The summed E-state index contributed by atoms with van der Waals surface area (Å²) in [5.41, 5.74) is 0. The van der Waals surface area contributed by atoms with Crippen LogP contribution in [-0.4, -0.2) is 10.5 Å². The number of hydrogen-bond acceptors (Lipinski definition) is 1. The molecule has 1 aliphatic rings. The standard InChI is InChI=1S/C8H16S/c1-3-7(2)9-8-5-4-6-8/h7-8H,3-6H2,1-2H3. The van der Waals surface area contributed by atoms with Gasteiger partial charge in [-0.3, -0.25) is 0 Å². The average molecular weight is 144 g/mol. The first kappa shape index (κ1) is 7.46. The Morgan fingerprint density at radius 2 is 2.22 bits per heavy atom. The Morgan fingerprint density at radius 3 is 2.56 bits per heavy atom. The third-order valence-corrected chi connectivity index (χ3v) is 3.71. The van der Waals surface area contributed by atoms with E-state index in [-0.39, 0.29) is 0 Å². The topological polar surface area (TPSA) is 0 Å². The van der Waals surface area contributed by atoms with E-state index in [0.29, 0.717) is 0 Å². The zero-order chi connectivity index (χ0) is 6.69. The summed E-state index contributed by atoms with van der Waals surface area (Å²) in [6.07, 6.45) is 5.78. The molecule has 0 nitrogen and oxygen atoms in total. The highest BCUT2D eigenvalue weighted by atomic mass is 32.2. The molecular weight excluding hydrogens is 128 g/mol. The van der Waals surface area contributed by atoms with Gasteiger partial charge in [-0.25, -0.2) is 0 Å². The monoisotopic (exact) mass is 144 g/mol. The molecule has 1 fully saturated rings.